The number of nitrogens with one attached hydrogen (secondary N) is 2. The molecule has 31 heavy (non-hydrogen) atoms. The highest BCUT2D eigenvalue weighted by Crippen LogP contribution is 2.17. The van der Waals surface area contributed by atoms with Crippen molar-refractivity contribution >= 4 is 18.0 Å². The average Bonchev–Trinajstić information content (AvgIpc) is 2.79. The van der Waals surface area contributed by atoms with Crippen LogP contribution in [0.5, 0.6) is 11.5 Å². The van der Waals surface area contributed by atoms with Crippen molar-refractivity contribution in [2.24, 2.45) is 5.10 Å². The summed E-state index contributed by atoms with van der Waals surface area (Å²) < 4.78 is 11.0. The third kappa shape index (κ3) is 7.77. The number of rotatable bonds is 9. The smallest absolute Gasteiger partial charge is 0.277 e. The summed E-state index contributed by atoms with van der Waals surface area (Å²) in [5.41, 5.74) is 4.19. The van der Waals surface area contributed by atoms with Crippen molar-refractivity contribution in [3.8, 4) is 11.5 Å². The molecular weight excluding hydrogens is 394 g/mol. The SMILES string of the molecule is Cc1ccccc1OCC(=O)NN=Cc1ccc(OCC(=O)NC2CCCCC2)cc1. The number of carbonyl (C=O) groups is 2. The lowest BCUT2D eigenvalue weighted by Gasteiger charge is -2.22. The zero-order valence-electron chi connectivity index (χ0n) is 17.8. The zero-order valence-corrected chi connectivity index (χ0v) is 17.8. The minimum Gasteiger partial charge on any atom is -0.484 e. The number of amides is 2. The van der Waals surface area contributed by atoms with Crippen LogP contribution in [0.2, 0.25) is 0 Å². The molecule has 2 N–H and O–H groups in total. The van der Waals surface area contributed by atoms with Crippen LogP contribution in [0, 0.1) is 6.92 Å². The van der Waals surface area contributed by atoms with Crippen molar-refractivity contribution < 1.29 is 19.1 Å². The summed E-state index contributed by atoms with van der Waals surface area (Å²) in [6.07, 6.45) is 7.24. The van der Waals surface area contributed by atoms with Gasteiger partial charge in [-0.05, 0) is 61.2 Å². The molecule has 7 nitrogen and oxygen atoms in total. The summed E-state index contributed by atoms with van der Waals surface area (Å²) in [6.45, 7) is 1.81. The first kappa shape index (κ1) is 22.3. The minimum atomic E-state index is -0.344. The molecule has 1 aliphatic carbocycles. The molecule has 1 saturated carbocycles. The molecular formula is C24H29N3O4. The maximum atomic E-state index is 12.0. The number of para-hydroxylation sites is 1. The first-order valence-electron chi connectivity index (χ1n) is 10.6. The predicted octanol–water partition coefficient (Wildman–Crippen LogP) is 3.35. The van der Waals surface area contributed by atoms with Crippen LogP contribution in [0.3, 0.4) is 0 Å². The van der Waals surface area contributed by atoms with Gasteiger partial charge in [0.25, 0.3) is 11.8 Å². The van der Waals surface area contributed by atoms with Crippen molar-refractivity contribution in [3.63, 3.8) is 0 Å². The quantitative estimate of drug-likeness (QED) is 0.478. The van der Waals surface area contributed by atoms with Crippen molar-refractivity contribution in [1.82, 2.24) is 10.7 Å². The molecule has 0 saturated heterocycles. The van der Waals surface area contributed by atoms with Crippen LogP contribution in [0.1, 0.15) is 43.2 Å². The van der Waals surface area contributed by atoms with Crippen LogP contribution in [0.15, 0.2) is 53.6 Å². The molecule has 0 aromatic heterocycles. The Morgan fingerprint density at radius 2 is 1.68 bits per heavy atom. The van der Waals surface area contributed by atoms with E-state index in [4.69, 9.17) is 9.47 Å². The van der Waals surface area contributed by atoms with Gasteiger partial charge >= 0.3 is 0 Å². The average molecular weight is 424 g/mol. The topological polar surface area (TPSA) is 89.0 Å². The van der Waals surface area contributed by atoms with E-state index in [9.17, 15) is 9.59 Å². The molecule has 2 aromatic carbocycles. The van der Waals surface area contributed by atoms with Crippen LogP contribution in [-0.4, -0.2) is 37.3 Å². The normalized spacial score (nSPS) is 14.2. The van der Waals surface area contributed by atoms with Gasteiger partial charge in [-0.3, -0.25) is 9.59 Å². The molecule has 2 aromatic rings. The molecule has 1 aliphatic rings. The van der Waals surface area contributed by atoms with Gasteiger partial charge in [0.1, 0.15) is 11.5 Å². The van der Waals surface area contributed by atoms with Gasteiger partial charge in [-0.1, -0.05) is 37.5 Å². The lowest BCUT2D eigenvalue weighted by Crippen LogP contribution is -2.38. The maximum absolute atomic E-state index is 12.0. The Labute approximate surface area is 182 Å². The Morgan fingerprint density at radius 1 is 0.968 bits per heavy atom. The fraction of sp³-hybridized carbons (Fsp3) is 0.375. The van der Waals surface area contributed by atoms with E-state index in [1.807, 2.05) is 31.2 Å². The summed E-state index contributed by atoms with van der Waals surface area (Å²) in [5.74, 6) is 0.841. The Hall–Kier alpha value is -3.35. The molecule has 0 unspecified atom stereocenters. The molecule has 1 fully saturated rings. The van der Waals surface area contributed by atoms with Gasteiger partial charge in [-0.2, -0.15) is 5.10 Å². The Morgan fingerprint density at radius 3 is 2.42 bits per heavy atom. The fourth-order valence-corrected chi connectivity index (χ4v) is 3.39. The van der Waals surface area contributed by atoms with Gasteiger partial charge in [0, 0.05) is 6.04 Å². The number of nitrogens with zero attached hydrogens (tertiary/aromatic N) is 1. The van der Waals surface area contributed by atoms with E-state index in [1.165, 1.54) is 25.5 Å². The summed E-state index contributed by atoms with van der Waals surface area (Å²) in [6, 6.07) is 14.9. The summed E-state index contributed by atoms with van der Waals surface area (Å²) in [4.78, 5) is 23.9. The van der Waals surface area contributed by atoms with Crippen LogP contribution in [0.4, 0.5) is 0 Å². The van der Waals surface area contributed by atoms with Crippen molar-refractivity contribution in [3.05, 3.63) is 59.7 Å². The number of hydrogen-bond acceptors (Lipinski definition) is 5. The Bertz CT molecular complexity index is 890. The van der Waals surface area contributed by atoms with E-state index in [1.54, 1.807) is 24.3 Å². The minimum absolute atomic E-state index is 0.000875. The second kappa shape index (κ2) is 11.7. The molecule has 164 valence electrons. The van der Waals surface area contributed by atoms with Crippen molar-refractivity contribution in [1.29, 1.82) is 0 Å². The summed E-state index contributed by atoms with van der Waals surface area (Å²) in [5, 5.41) is 6.96. The van der Waals surface area contributed by atoms with Crippen LogP contribution >= 0.6 is 0 Å². The van der Waals surface area contributed by atoms with E-state index in [0.717, 1.165) is 24.0 Å². The molecule has 3 rings (SSSR count). The largest absolute Gasteiger partial charge is 0.484 e. The van der Waals surface area contributed by atoms with Gasteiger partial charge in [-0.15, -0.1) is 0 Å². The lowest BCUT2D eigenvalue weighted by atomic mass is 9.95. The van der Waals surface area contributed by atoms with E-state index < -0.39 is 0 Å². The number of hydrogen-bond donors (Lipinski definition) is 2. The fourth-order valence-electron chi connectivity index (χ4n) is 3.39. The second-order valence-electron chi connectivity index (χ2n) is 7.61. The summed E-state index contributed by atoms with van der Waals surface area (Å²) >= 11 is 0. The molecule has 0 atom stereocenters. The highest BCUT2D eigenvalue weighted by Gasteiger charge is 2.15. The number of benzene rings is 2. The molecule has 0 radical (unpaired) electrons. The molecule has 0 aliphatic heterocycles. The van der Waals surface area contributed by atoms with Gasteiger partial charge < -0.3 is 14.8 Å². The van der Waals surface area contributed by atoms with E-state index in [-0.39, 0.29) is 31.1 Å². The Kier molecular flexibility index (Phi) is 8.46. The van der Waals surface area contributed by atoms with E-state index >= 15 is 0 Å². The lowest BCUT2D eigenvalue weighted by molar-refractivity contribution is -0.124. The number of ether oxygens (including phenoxy) is 2. The molecule has 0 spiro atoms. The molecule has 7 heteroatoms. The van der Waals surface area contributed by atoms with Gasteiger partial charge in [0.15, 0.2) is 13.2 Å². The van der Waals surface area contributed by atoms with Crippen LogP contribution < -0.4 is 20.2 Å². The highest BCUT2D eigenvalue weighted by molar-refractivity contribution is 5.83. The highest BCUT2D eigenvalue weighted by atomic mass is 16.5. The first-order valence-corrected chi connectivity index (χ1v) is 10.6. The standard InChI is InChI=1S/C24H29N3O4/c1-18-7-5-6-10-22(18)31-17-24(29)27-25-15-19-11-13-21(14-12-19)30-16-23(28)26-20-8-3-2-4-9-20/h5-7,10-15,20H,2-4,8-9,16-17H2,1H3,(H,26,28)(H,27,29). The molecule has 0 heterocycles. The maximum Gasteiger partial charge on any atom is 0.277 e. The first-order chi connectivity index (χ1) is 15.1. The Balaban J connectivity index is 1.36. The van der Waals surface area contributed by atoms with E-state index in [2.05, 4.69) is 15.8 Å². The third-order valence-electron chi connectivity index (χ3n) is 5.08. The van der Waals surface area contributed by atoms with Gasteiger partial charge in [0.05, 0.1) is 6.21 Å². The van der Waals surface area contributed by atoms with Gasteiger partial charge in [-0.25, -0.2) is 5.43 Å². The zero-order chi connectivity index (χ0) is 21.9. The number of aryl methyl sites for hydroxylation is 1. The second-order valence-corrected chi connectivity index (χ2v) is 7.61. The number of carbonyl (C=O) groups excluding carboxylic acids is 2. The number of hydrazone groups is 1. The monoisotopic (exact) mass is 423 g/mol. The van der Waals surface area contributed by atoms with E-state index in [0.29, 0.717) is 11.5 Å². The van der Waals surface area contributed by atoms with Gasteiger partial charge in [0.2, 0.25) is 0 Å². The van der Waals surface area contributed by atoms with Crippen LogP contribution in [-0.2, 0) is 9.59 Å². The predicted molar refractivity (Wildman–Crippen MR) is 119 cm³/mol. The molecule has 2 amide bonds. The van der Waals surface area contributed by atoms with Crippen LogP contribution in [0.25, 0.3) is 0 Å². The third-order valence-corrected chi connectivity index (χ3v) is 5.08. The van der Waals surface area contributed by atoms with Crippen molar-refractivity contribution in [2.75, 3.05) is 13.2 Å². The molecule has 0 bridgehead atoms. The summed E-state index contributed by atoms with van der Waals surface area (Å²) in [7, 11) is 0. The van der Waals surface area contributed by atoms with Crippen molar-refractivity contribution in [2.45, 2.75) is 45.1 Å².